The summed E-state index contributed by atoms with van der Waals surface area (Å²) in [5.41, 5.74) is 0.334. The van der Waals surface area contributed by atoms with E-state index in [9.17, 15) is 19.8 Å². The molecule has 1 rings (SSSR count). The van der Waals surface area contributed by atoms with Crippen LogP contribution < -0.4 is 0 Å². The van der Waals surface area contributed by atoms with Crippen LogP contribution in [0.15, 0.2) is 24.3 Å². The summed E-state index contributed by atoms with van der Waals surface area (Å²) in [6, 6.07) is 5.99. The van der Waals surface area contributed by atoms with E-state index in [0.29, 0.717) is 0 Å². The number of aliphatic hydroxyl groups excluding tert-OH is 2. The van der Waals surface area contributed by atoms with E-state index >= 15 is 0 Å². The van der Waals surface area contributed by atoms with E-state index in [1.54, 1.807) is 6.07 Å². The van der Waals surface area contributed by atoms with Gasteiger partial charge >= 0.3 is 11.9 Å². The van der Waals surface area contributed by atoms with Crippen molar-refractivity contribution in [2.24, 2.45) is 0 Å². The average molecular weight is 715 g/mol. The van der Waals surface area contributed by atoms with Crippen molar-refractivity contribution in [3.8, 4) is 0 Å². The number of aliphatic hydroxyl groups is 2. The van der Waals surface area contributed by atoms with Gasteiger partial charge < -0.3 is 28.1 Å². The van der Waals surface area contributed by atoms with E-state index in [-0.39, 0.29) is 37.6 Å². The summed E-state index contributed by atoms with van der Waals surface area (Å²) in [4.78, 5) is 25.0. The molecule has 0 aliphatic rings. The molecule has 2 atom stereocenters. The van der Waals surface area contributed by atoms with Gasteiger partial charge in [0.05, 0.1) is 24.3 Å². The molecule has 0 aliphatic heterocycles. The minimum atomic E-state index is -0.945. The largest absolute Gasteiger partial charge is 0.459 e. The van der Waals surface area contributed by atoms with Gasteiger partial charge in [-0.15, -0.1) is 0 Å². The van der Waals surface area contributed by atoms with Gasteiger partial charge in [0, 0.05) is 11.5 Å². The molecule has 0 radical (unpaired) electrons. The van der Waals surface area contributed by atoms with Crippen molar-refractivity contribution >= 4 is 36.0 Å². The lowest BCUT2D eigenvalue weighted by Crippen LogP contribution is -2.23. The van der Waals surface area contributed by atoms with E-state index in [2.05, 4.69) is 13.8 Å². The number of carbonyl (C=O) groups excluding carboxylic acids is 2. The number of hydrogen-bond donors (Lipinski definition) is 2. The normalized spacial score (nSPS) is 12.6. The van der Waals surface area contributed by atoms with Crippen molar-refractivity contribution in [1.82, 2.24) is 0 Å². The molecule has 8 nitrogen and oxygen atoms in total. The molecule has 0 fully saturated rings. The number of ether oxygens (including phenoxy) is 2. The maximum Gasteiger partial charge on any atom is 0.338 e. The first-order chi connectivity index (χ1) is 23.5. The van der Waals surface area contributed by atoms with Crippen molar-refractivity contribution in [2.75, 3.05) is 37.9 Å². The zero-order valence-electron chi connectivity index (χ0n) is 30.0. The topological polar surface area (TPSA) is 112 Å². The molecule has 278 valence electrons. The van der Waals surface area contributed by atoms with Crippen molar-refractivity contribution < 1.29 is 37.6 Å². The van der Waals surface area contributed by atoms with E-state index in [1.807, 2.05) is 0 Å². The smallest absolute Gasteiger partial charge is 0.338 e. The molecule has 48 heavy (non-hydrogen) atoms. The summed E-state index contributed by atoms with van der Waals surface area (Å²) in [7, 11) is 0. The van der Waals surface area contributed by atoms with Gasteiger partial charge in [-0.05, 0) is 55.1 Å². The van der Waals surface area contributed by atoms with Crippen LogP contribution in [0.3, 0.4) is 0 Å². The SMILES string of the molecule is CCCCCCCCCCCCSOCC(O)COC(=O)c1cccc(C(=O)OCC(O)COSCCCCCCCCCCCC)c1. The van der Waals surface area contributed by atoms with Crippen LogP contribution in [0.25, 0.3) is 0 Å². The van der Waals surface area contributed by atoms with E-state index in [1.165, 1.54) is 158 Å². The molecule has 2 N–H and O–H groups in total. The summed E-state index contributed by atoms with van der Waals surface area (Å²) >= 11 is 2.67. The molecular formula is C38H66O8S2. The van der Waals surface area contributed by atoms with Gasteiger partial charge in [0.15, 0.2) is 0 Å². The Balaban J connectivity index is 2.08. The number of hydrogen-bond acceptors (Lipinski definition) is 10. The van der Waals surface area contributed by atoms with Gasteiger partial charge in [-0.2, -0.15) is 0 Å². The maximum atomic E-state index is 12.5. The number of esters is 2. The van der Waals surface area contributed by atoms with Crippen LogP contribution in [-0.4, -0.2) is 72.3 Å². The Kier molecular flexibility index (Phi) is 30.6. The maximum absolute atomic E-state index is 12.5. The second-order valence-corrected chi connectivity index (χ2v) is 14.4. The number of benzene rings is 1. The van der Waals surface area contributed by atoms with Gasteiger partial charge in [-0.3, -0.25) is 0 Å². The predicted octanol–water partition coefficient (Wildman–Crippen LogP) is 9.89. The summed E-state index contributed by atoms with van der Waals surface area (Å²) in [5, 5.41) is 20.3. The monoisotopic (exact) mass is 714 g/mol. The minimum absolute atomic E-state index is 0.0614. The zero-order chi connectivity index (χ0) is 34.9. The summed E-state index contributed by atoms with van der Waals surface area (Å²) in [5.74, 6) is 0.423. The first-order valence-corrected chi connectivity index (χ1v) is 20.6. The third-order valence-electron chi connectivity index (χ3n) is 8.00. The fraction of sp³-hybridized carbons (Fsp3) is 0.789. The number of carbonyl (C=O) groups is 2. The van der Waals surface area contributed by atoms with Crippen molar-refractivity contribution in [3.05, 3.63) is 35.4 Å². The number of rotatable bonds is 34. The average Bonchev–Trinajstić information content (AvgIpc) is 3.10. The lowest BCUT2D eigenvalue weighted by molar-refractivity contribution is 0.0149. The lowest BCUT2D eigenvalue weighted by Gasteiger charge is -2.12. The quantitative estimate of drug-likeness (QED) is 0.0407. The predicted molar refractivity (Wildman–Crippen MR) is 200 cm³/mol. The van der Waals surface area contributed by atoms with E-state index in [0.717, 1.165) is 24.3 Å². The second-order valence-electron chi connectivity index (χ2n) is 12.7. The molecule has 0 heterocycles. The summed E-state index contributed by atoms with van der Waals surface area (Å²) in [6.07, 6.45) is 23.8. The van der Waals surface area contributed by atoms with Gasteiger partial charge in [0.2, 0.25) is 0 Å². The third-order valence-corrected chi connectivity index (χ3v) is 9.51. The molecule has 0 bridgehead atoms. The van der Waals surface area contributed by atoms with Crippen molar-refractivity contribution in [1.29, 1.82) is 0 Å². The molecule has 2 unspecified atom stereocenters. The van der Waals surface area contributed by atoms with Crippen LogP contribution in [0.5, 0.6) is 0 Å². The minimum Gasteiger partial charge on any atom is -0.459 e. The van der Waals surface area contributed by atoms with Gasteiger partial charge in [0.25, 0.3) is 0 Å². The van der Waals surface area contributed by atoms with E-state index < -0.39 is 24.1 Å². The van der Waals surface area contributed by atoms with Crippen LogP contribution in [-0.2, 0) is 17.8 Å². The fourth-order valence-corrected chi connectivity index (χ4v) is 6.43. The molecule has 0 saturated carbocycles. The lowest BCUT2D eigenvalue weighted by atomic mass is 10.1. The molecule has 1 aromatic rings. The highest BCUT2D eigenvalue weighted by Crippen LogP contribution is 2.15. The Morgan fingerprint density at radius 1 is 0.542 bits per heavy atom. The Hall–Kier alpha value is -1.30. The molecule has 10 heteroatoms. The number of unbranched alkanes of at least 4 members (excludes halogenated alkanes) is 18. The van der Waals surface area contributed by atoms with Crippen LogP contribution in [0, 0.1) is 0 Å². The molecule has 0 aliphatic carbocycles. The Morgan fingerprint density at radius 2 is 0.875 bits per heavy atom. The first-order valence-electron chi connectivity index (χ1n) is 18.8. The van der Waals surface area contributed by atoms with Crippen LogP contribution in [0.1, 0.15) is 163 Å². The summed E-state index contributed by atoms with van der Waals surface area (Å²) in [6.45, 7) is 4.18. The second kappa shape index (κ2) is 32.9. The van der Waals surface area contributed by atoms with Crippen molar-refractivity contribution in [2.45, 2.75) is 154 Å². The standard InChI is InChI=1S/C38H66O8S2/c1-3-5-7-9-11-13-15-17-19-21-26-47-45-31-35(39)29-43-37(41)33-24-23-25-34(28-33)38(42)44-30-36(40)32-46-48-27-22-20-18-16-14-12-10-8-6-4-2/h23-25,28,35-36,39-40H,3-22,26-27,29-32H2,1-2H3. The molecular weight excluding hydrogens is 649 g/mol. The Morgan fingerprint density at radius 3 is 1.23 bits per heavy atom. The molecule has 0 spiro atoms. The van der Waals surface area contributed by atoms with Gasteiger partial charge in [-0.25, -0.2) is 9.59 Å². The van der Waals surface area contributed by atoms with Gasteiger partial charge in [0.1, 0.15) is 25.4 Å². The van der Waals surface area contributed by atoms with Crippen LogP contribution in [0.4, 0.5) is 0 Å². The molecule has 1 aromatic carbocycles. The van der Waals surface area contributed by atoms with Crippen LogP contribution in [0.2, 0.25) is 0 Å². The zero-order valence-corrected chi connectivity index (χ0v) is 31.6. The highest BCUT2D eigenvalue weighted by atomic mass is 32.2. The fourth-order valence-electron chi connectivity index (χ4n) is 5.05. The molecule has 0 saturated heterocycles. The first kappa shape index (κ1) is 44.7. The summed E-state index contributed by atoms with van der Waals surface area (Å²) < 4.78 is 21.4. The Labute approximate surface area is 300 Å². The molecule has 0 amide bonds. The van der Waals surface area contributed by atoms with Gasteiger partial charge in [-0.1, -0.05) is 135 Å². The van der Waals surface area contributed by atoms with Crippen LogP contribution >= 0.6 is 24.1 Å². The highest BCUT2D eigenvalue weighted by molar-refractivity contribution is 7.94. The van der Waals surface area contributed by atoms with Crippen molar-refractivity contribution in [3.63, 3.8) is 0 Å². The highest BCUT2D eigenvalue weighted by Gasteiger charge is 2.16. The third kappa shape index (κ3) is 26.6. The van der Waals surface area contributed by atoms with E-state index in [4.69, 9.17) is 17.8 Å². The Bertz CT molecular complexity index is 836. The molecule has 0 aromatic heterocycles.